The fourth-order valence-electron chi connectivity index (χ4n) is 1.39. The minimum absolute atomic E-state index is 0.0417. The maximum absolute atomic E-state index is 11.4. The Morgan fingerprint density at radius 1 is 1.30 bits per heavy atom. The molecule has 0 amide bonds. The van der Waals surface area contributed by atoms with Crippen molar-refractivity contribution in [2.24, 2.45) is 5.92 Å². The van der Waals surface area contributed by atoms with Gasteiger partial charge in [-0.3, -0.25) is 0 Å². The van der Waals surface area contributed by atoms with Crippen molar-refractivity contribution in [1.82, 2.24) is 0 Å². The molecule has 0 heterocycles. The second-order valence-electron chi connectivity index (χ2n) is 3.54. The van der Waals surface area contributed by atoms with Gasteiger partial charge in [0.25, 0.3) is 0 Å². The summed E-state index contributed by atoms with van der Waals surface area (Å²) in [6.07, 6.45) is 2.76. The van der Waals surface area contributed by atoms with Crippen molar-refractivity contribution >= 4 is 9.84 Å². The predicted molar refractivity (Wildman–Crippen MR) is 39.5 cm³/mol. The van der Waals surface area contributed by atoms with Crippen molar-refractivity contribution in [3.63, 3.8) is 0 Å². The molecule has 2 fully saturated rings. The summed E-state index contributed by atoms with van der Waals surface area (Å²) < 4.78 is 22.7. The zero-order chi connectivity index (χ0) is 7.35. The molecule has 3 heteroatoms. The second kappa shape index (κ2) is 1.76. The average Bonchev–Trinajstić information content (AvgIpc) is 2.53. The molecule has 2 unspecified atom stereocenters. The first-order chi connectivity index (χ1) is 4.62. The molecule has 2 aliphatic carbocycles. The first-order valence-corrected chi connectivity index (χ1v) is 5.46. The predicted octanol–water partition coefficient (Wildman–Crippen LogP) is 0.972. The van der Waals surface area contributed by atoms with Crippen LogP contribution in [0.5, 0.6) is 0 Å². The highest BCUT2D eigenvalue weighted by Gasteiger charge is 2.50. The molecule has 0 N–H and O–H groups in total. The molecule has 2 aliphatic rings. The van der Waals surface area contributed by atoms with Crippen LogP contribution >= 0.6 is 0 Å². The van der Waals surface area contributed by atoms with Crippen LogP contribution in [0.2, 0.25) is 0 Å². The van der Waals surface area contributed by atoms with E-state index in [0.717, 1.165) is 19.3 Å². The summed E-state index contributed by atoms with van der Waals surface area (Å²) in [5.74, 6) is 0.450. The van der Waals surface area contributed by atoms with Gasteiger partial charge in [0.15, 0.2) is 9.84 Å². The molecule has 58 valence electrons. The Kier molecular flexibility index (Phi) is 1.17. The topological polar surface area (TPSA) is 34.1 Å². The van der Waals surface area contributed by atoms with Gasteiger partial charge in [-0.05, 0) is 25.2 Å². The minimum Gasteiger partial charge on any atom is -0.228 e. The standard InChI is InChI=1S/C7H12O2S/c1-5-4-7(5)10(8,9)6-2-3-6/h5-7H,2-4H2,1H3. The average molecular weight is 160 g/mol. The lowest BCUT2D eigenvalue weighted by atomic mass is 10.5. The molecule has 0 aromatic heterocycles. The van der Waals surface area contributed by atoms with Crippen molar-refractivity contribution in [1.29, 1.82) is 0 Å². The van der Waals surface area contributed by atoms with Crippen LogP contribution in [0.15, 0.2) is 0 Å². The number of sulfone groups is 1. The summed E-state index contributed by atoms with van der Waals surface area (Å²) in [5.41, 5.74) is 0. The van der Waals surface area contributed by atoms with Gasteiger partial charge in [0.05, 0.1) is 10.5 Å². The van der Waals surface area contributed by atoms with E-state index in [9.17, 15) is 8.42 Å². The van der Waals surface area contributed by atoms with Crippen LogP contribution in [0.25, 0.3) is 0 Å². The molecule has 10 heavy (non-hydrogen) atoms. The van der Waals surface area contributed by atoms with E-state index < -0.39 is 9.84 Å². The van der Waals surface area contributed by atoms with Gasteiger partial charge >= 0.3 is 0 Å². The van der Waals surface area contributed by atoms with Gasteiger partial charge in [0.1, 0.15) is 0 Å². The molecule has 2 saturated carbocycles. The maximum atomic E-state index is 11.4. The molecule has 2 atom stereocenters. The molecule has 0 aromatic carbocycles. The van der Waals surface area contributed by atoms with Crippen molar-refractivity contribution in [3.05, 3.63) is 0 Å². The van der Waals surface area contributed by atoms with E-state index in [2.05, 4.69) is 0 Å². The molecule has 0 bridgehead atoms. The number of hydrogen-bond acceptors (Lipinski definition) is 2. The van der Waals surface area contributed by atoms with Gasteiger partial charge in [0.2, 0.25) is 0 Å². The summed E-state index contributed by atoms with van der Waals surface area (Å²) >= 11 is 0. The highest BCUT2D eigenvalue weighted by Crippen LogP contribution is 2.44. The monoisotopic (exact) mass is 160 g/mol. The summed E-state index contributed by atoms with van der Waals surface area (Å²) in [7, 11) is -2.64. The van der Waals surface area contributed by atoms with E-state index in [4.69, 9.17) is 0 Å². The maximum Gasteiger partial charge on any atom is 0.156 e. The van der Waals surface area contributed by atoms with Crippen LogP contribution in [0.3, 0.4) is 0 Å². The number of hydrogen-bond donors (Lipinski definition) is 0. The van der Waals surface area contributed by atoms with Gasteiger partial charge in [-0.1, -0.05) is 6.92 Å². The van der Waals surface area contributed by atoms with Crippen molar-refractivity contribution < 1.29 is 8.42 Å². The molecule has 0 saturated heterocycles. The molecule has 0 aliphatic heterocycles. The molecule has 0 radical (unpaired) electrons. The van der Waals surface area contributed by atoms with Gasteiger partial charge < -0.3 is 0 Å². The van der Waals surface area contributed by atoms with Crippen LogP contribution in [-0.4, -0.2) is 18.9 Å². The van der Waals surface area contributed by atoms with Crippen molar-refractivity contribution in [2.75, 3.05) is 0 Å². The van der Waals surface area contributed by atoms with Crippen LogP contribution in [-0.2, 0) is 9.84 Å². The summed E-state index contributed by atoms with van der Waals surface area (Å²) in [5, 5.41) is 0.0995. The Balaban J connectivity index is 2.14. The van der Waals surface area contributed by atoms with Gasteiger partial charge in [-0.2, -0.15) is 0 Å². The second-order valence-corrected chi connectivity index (χ2v) is 5.99. The SMILES string of the molecule is CC1CC1S(=O)(=O)C1CC1. The smallest absolute Gasteiger partial charge is 0.156 e. The van der Waals surface area contributed by atoms with E-state index in [-0.39, 0.29) is 10.5 Å². The highest BCUT2D eigenvalue weighted by atomic mass is 32.2. The Morgan fingerprint density at radius 2 is 1.80 bits per heavy atom. The lowest BCUT2D eigenvalue weighted by molar-refractivity contribution is 0.591. The largest absolute Gasteiger partial charge is 0.228 e. The Morgan fingerprint density at radius 3 is 2.10 bits per heavy atom. The summed E-state index contributed by atoms with van der Waals surface area (Å²) in [6.45, 7) is 2.02. The fraction of sp³-hybridized carbons (Fsp3) is 1.00. The first-order valence-electron chi connectivity index (χ1n) is 3.85. The van der Waals surface area contributed by atoms with Crippen LogP contribution in [0.1, 0.15) is 26.2 Å². The van der Waals surface area contributed by atoms with E-state index in [1.807, 2.05) is 6.92 Å². The minimum atomic E-state index is -2.64. The molecular weight excluding hydrogens is 148 g/mol. The van der Waals surface area contributed by atoms with E-state index >= 15 is 0 Å². The van der Waals surface area contributed by atoms with Crippen molar-refractivity contribution in [2.45, 2.75) is 36.7 Å². The summed E-state index contributed by atoms with van der Waals surface area (Å²) in [6, 6.07) is 0. The molecule has 2 nitrogen and oxygen atoms in total. The van der Waals surface area contributed by atoms with E-state index in [0.29, 0.717) is 5.92 Å². The fourth-order valence-corrected chi connectivity index (χ4v) is 3.90. The Labute approximate surface area is 61.5 Å². The molecule has 2 rings (SSSR count). The summed E-state index contributed by atoms with van der Waals surface area (Å²) in [4.78, 5) is 0. The lowest BCUT2D eigenvalue weighted by Gasteiger charge is -1.96. The Bertz CT molecular complexity index is 238. The van der Waals surface area contributed by atoms with Crippen LogP contribution in [0, 0.1) is 5.92 Å². The third kappa shape index (κ3) is 0.875. The van der Waals surface area contributed by atoms with Gasteiger partial charge in [0, 0.05) is 0 Å². The van der Waals surface area contributed by atoms with Crippen LogP contribution in [0.4, 0.5) is 0 Å². The highest BCUT2D eigenvalue weighted by molar-refractivity contribution is 7.93. The van der Waals surface area contributed by atoms with E-state index in [1.54, 1.807) is 0 Å². The van der Waals surface area contributed by atoms with Gasteiger partial charge in [-0.15, -0.1) is 0 Å². The number of rotatable bonds is 2. The zero-order valence-corrected chi connectivity index (χ0v) is 6.89. The Hall–Kier alpha value is -0.0500. The first kappa shape index (κ1) is 6.65. The molecular formula is C7H12O2S. The van der Waals surface area contributed by atoms with Crippen molar-refractivity contribution in [3.8, 4) is 0 Å². The normalized spacial score (nSPS) is 39.7. The zero-order valence-electron chi connectivity index (χ0n) is 6.08. The third-order valence-corrected chi connectivity index (χ3v) is 5.35. The van der Waals surface area contributed by atoms with E-state index in [1.165, 1.54) is 0 Å². The lowest BCUT2D eigenvalue weighted by Crippen LogP contribution is -2.13. The van der Waals surface area contributed by atoms with Crippen LogP contribution < -0.4 is 0 Å². The molecule has 0 aromatic rings. The quantitative estimate of drug-likeness (QED) is 0.603. The van der Waals surface area contributed by atoms with Gasteiger partial charge in [-0.25, -0.2) is 8.42 Å². The third-order valence-electron chi connectivity index (χ3n) is 2.45. The molecule has 0 spiro atoms.